The van der Waals surface area contributed by atoms with Gasteiger partial charge in [0.2, 0.25) is 5.91 Å². The molecule has 0 unspecified atom stereocenters. The maximum atomic E-state index is 13.5. The van der Waals surface area contributed by atoms with Gasteiger partial charge in [-0.1, -0.05) is 22.9 Å². The van der Waals surface area contributed by atoms with E-state index in [0.29, 0.717) is 21.5 Å². The number of hydrogen-bond acceptors (Lipinski definition) is 5. The minimum Gasteiger partial charge on any atom is -0.309 e. The molecule has 0 atom stereocenters. The number of fused-ring (bicyclic) bond motifs is 1. The smallest absolute Gasteiger partial charge is 0.234 e. The third kappa shape index (κ3) is 5.86. The molecule has 0 spiro atoms. The van der Waals surface area contributed by atoms with Crippen molar-refractivity contribution in [1.82, 2.24) is 9.88 Å². The Labute approximate surface area is 177 Å². The van der Waals surface area contributed by atoms with Crippen LogP contribution in [0.25, 0.3) is 10.2 Å². The van der Waals surface area contributed by atoms with Crippen LogP contribution >= 0.6 is 46.7 Å². The zero-order valence-electron chi connectivity index (χ0n) is 14.9. The molecule has 3 rings (SSSR count). The molecule has 0 saturated heterocycles. The number of anilines is 1. The quantitative estimate of drug-likeness (QED) is 0.505. The van der Waals surface area contributed by atoms with Crippen molar-refractivity contribution >= 4 is 67.9 Å². The van der Waals surface area contributed by atoms with Crippen LogP contribution in [-0.4, -0.2) is 43.0 Å². The van der Waals surface area contributed by atoms with Crippen molar-refractivity contribution in [2.24, 2.45) is 0 Å². The Kier molecular flexibility index (Phi) is 8.00. The van der Waals surface area contributed by atoms with E-state index in [1.807, 2.05) is 20.2 Å². The van der Waals surface area contributed by atoms with Gasteiger partial charge in [0.15, 0.2) is 5.13 Å². The summed E-state index contributed by atoms with van der Waals surface area (Å²) in [5.41, 5.74) is 0.705. The Bertz CT molecular complexity index is 913. The van der Waals surface area contributed by atoms with Gasteiger partial charge in [-0.05, 0) is 57.4 Å². The molecular weight excluding hydrogens is 428 g/mol. The fraction of sp³-hybridized carbons (Fsp3) is 0.333. The second-order valence-electron chi connectivity index (χ2n) is 6.19. The van der Waals surface area contributed by atoms with Gasteiger partial charge >= 0.3 is 0 Å². The summed E-state index contributed by atoms with van der Waals surface area (Å²) < 4.78 is 14.9. The number of rotatable bonds is 7. The number of carbonyl (C=O) groups excluding carboxylic acids is 1. The van der Waals surface area contributed by atoms with Crippen LogP contribution in [0.5, 0.6) is 0 Å². The lowest BCUT2D eigenvalue weighted by Gasteiger charge is -2.20. The van der Waals surface area contributed by atoms with Gasteiger partial charge in [-0.3, -0.25) is 9.69 Å². The molecule has 1 aromatic carbocycles. The van der Waals surface area contributed by atoms with Gasteiger partial charge in [0.05, 0.1) is 21.0 Å². The lowest BCUT2D eigenvalue weighted by molar-refractivity contribution is -0.118. The van der Waals surface area contributed by atoms with Gasteiger partial charge in [-0.25, -0.2) is 9.37 Å². The van der Waals surface area contributed by atoms with Crippen molar-refractivity contribution < 1.29 is 9.18 Å². The number of amides is 1. The molecule has 2 heterocycles. The first-order chi connectivity index (χ1) is 12.4. The molecule has 4 nitrogen and oxygen atoms in total. The van der Waals surface area contributed by atoms with Gasteiger partial charge in [0.1, 0.15) is 5.82 Å². The van der Waals surface area contributed by atoms with Crippen LogP contribution in [0.4, 0.5) is 9.52 Å². The highest BCUT2D eigenvalue weighted by Crippen LogP contribution is 2.30. The normalized spacial score (nSPS) is 11.0. The van der Waals surface area contributed by atoms with Crippen molar-refractivity contribution in [3.05, 3.63) is 45.4 Å². The number of thiazole rings is 1. The van der Waals surface area contributed by atoms with E-state index in [2.05, 4.69) is 9.88 Å². The number of halogens is 3. The monoisotopic (exact) mass is 447 g/mol. The fourth-order valence-corrected chi connectivity index (χ4v) is 4.68. The van der Waals surface area contributed by atoms with E-state index >= 15 is 0 Å². The van der Waals surface area contributed by atoms with Crippen molar-refractivity contribution in [2.75, 3.05) is 32.1 Å². The van der Waals surface area contributed by atoms with Crippen LogP contribution in [-0.2, 0) is 11.2 Å². The molecule has 27 heavy (non-hydrogen) atoms. The first-order valence-corrected chi connectivity index (χ1v) is 10.2. The van der Waals surface area contributed by atoms with Crippen LogP contribution in [0.15, 0.2) is 30.3 Å². The minimum atomic E-state index is -0.300. The van der Waals surface area contributed by atoms with Crippen molar-refractivity contribution in [3.8, 4) is 0 Å². The zero-order valence-corrected chi connectivity index (χ0v) is 18.2. The standard InChI is InChI=1S/C18H19ClFN3OS2.ClH/c1-22(2)8-3-9-23(17(24)11-13-5-7-16(19)25-13)18-21-14-6-4-12(20)10-15(14)26-18;/h4-7,10H,3,8-9,11H2,1-2H3;1H. The Balaban J connectivity index is 0.00000261. The number of nitrogens with zero attached hydrogens (tertiary/aromatic N) is 3. The summed E-state index contributed by atoms with van der Waals surface area (Å²) in [6.45, 7) is 1.44. The van der Waals surface area contributed by atoms with Gasteiger partial charge in [0, 0.05) is 11.4 Å². The fourth-order valence-electron chi connectivity index (χ4n) is 2.57. The van der Waals surface area contributed by atoms with E-state index < -0.39 is 0 Å². The second-order valence-corrected chi connectivity index (χ2v) is 9.00. The molecule has 0 bridgehead atoms. The molecule has 0 fully saturated rings. The number of aromatic nitrogens is 1. The lowest BCUT2D eigenvalue weighted by atomic mass is 10.3. The van der Waals surface area contributed by atoms with Crippen LogP contribution in [0.2, 0.25) is 4.34 Å². The molecule has 0 aliphatic heterocycles. The van der Waals surface area contributed by atoms with Crippen molar-refractivity contribution in [3.63, 3.8) is 0 Å². The minimum absolute atomic E-state index is 0. The predicted octanol–water partition coefficient (Wildman–Crippen LogP) is 5.10. The van der Waals surface area contributed by atoms with Crippen LogP contribution in [0, 0.1) is 5.82 Å². The lowest BCUT2D eigenvalue weighted by Crippen LogP contribution is -2.34. The summed E-state index contributed by atoms with van der Waals surface area (Å²) in [7, 11) is 4.00. The van der Waals surface area contributed by atoms with Gasteiger partial charge < -0.3 is 4.90 Å². The average molecular weight is 448 g/mol. The zero-order chi connectivity index (χ0) is 18.7. The molecule has 2 aromatic heterocycles. The highest BCUT2D eigenvalue weighted by atomic mass is 35.5. The second kappa shape index (κ2) is 9.80. The van der Waals surface area contributed by atoms with E-state index in [4.69, 9.17) is 11.6 Å². The first kappa shape index (κ1) is 22.0. The number of benzene rings is 1. The molecule has 0 radical (unpaired) electrons. The van der Waals surface area contributed by atoms with Gasteiger partial charge in [0.25, 0.3) is 0 Å². The van der Waals surface area contributed by atoms with Gasteiger partial charge in [-0.2, -0.15) is 0 Å². The molecule has 146 valence electrons. The van der Waals surface area contributed by atoms with Crippen LogP contribution in [0.3, 0.4) is 0 Å². The SMILES string of the molecule is CN(C)CCCN(C(=O)Cc1ccc(Cl)s1)c1nc2ccc(F)cc2s1.Cl. The average Bonchev–Trinajstić information content (AvgIpc) is 3.16. The molecular formula is C18H20Cl2FN3OS2. The number of hydrogen-bond donors (Lipinski definition) is 0. The summed E-state index contributed by atoms with van der Waals surface area (Å²) in [5, 5.41) is 0.608. The molecule has 0 N–H and O–H groups in total. The molecule has 9 heteroatoms. The van der Waals surface area contributed by atoms with E-state index in [-0.39, 0.29) is 30.6 Å². The molecule has 0 aliphatic carbocycles. The number of carbonyl (C=O) groups is 1. The summed E-state index contributed by atoms with van der Waals surface area (Å²) in [6, 6.07) is 8.16. The maximum absolute atomic E-state index is 13.5. The highest BCUT2D eigenvalue weighted by Gasteiger charge is 2.20. The largest absolute Gasteiger partial charge is 0.309 e. The van der Waals surface area contributed by atoms with E-state index in [1.165, 1.54) is 34.8 Å². The highest BCUT2D eigenvalue weighted by molar-refractivity contribution is 7.22. The third-order valence-electron chi connectivity index (χ3n) is 3.81. The molecule has 1 amide bonds. The Morgan fingerprint density at radius 2 is 1.96 bits per heavy atom. The molecule has 3 aromatic rings. The van der Waals surface area contributed by atoms with E-state index in [0.717, 1.165) is 22.5 Å². The Morgan fingerprint density at radius 1 is 1.19 bits per heavy atom. The Hall–Kier alpha value is -1.25. The first-order valence-electron chi connectivity index (χ1n) is 8.18. The van der Waals surface area contributed by atoms with Crippen LogP contribution in [0.1, 0.15) is 11.3 Å². The topological polar surface area (TPSA) is 36.4 Å². The van der Waals surface area contributed by atoms with Crippen molar-refractivity contribution in [2.45, 2.75) is 12.8 Å². The van der Waals surface area contributed by atoms with E-state index in [1.54, 1.807) is 17.0 Å². The predicted molar refractivity (Wildman–Crippen MR) is 115 cm³/mol. The van der Waals surface area contributed by atoms with Gasteiger partial charge in [-0.15, -0.1) is 23.7 Å². The summed E-state index contributed by atoms with van der Waals surface area (Å²) >= 11 is 8.72. The summed E-state index contributed by atoms with van der Waals surface area (Å²) in [6.07, 6.45) is 1.11. The summed E-state index contributed by atoms with van der Waals surface area (Å²) in [4.78, 5) is 22.2. The van der Waals surface area contributed by atoms with Crippen LogP contribution < -0.4 is 4.90 Å². The molecule has 0 aliphatic rings. The maximum Gasteiger partial charge on any atom is 0.234 e. The number of thiophene rings is 1. The Morgan fingerprint density at radius 3 is 2.63 bits per heavy atom. The van der Waals surface area contributed by atoms with E-state index in [9.17, 15) is 9.18 Å². The molecule has 0 saturated carbocycles. The summed E-state index contributed by atoms with van der Waals surface area (Å²) in [5.74, 6) is -0.326. The third-order valence-corrected chi connectivity index (χ3v) is 6.08. The van der Waals surface area contributed by atoms with Crippen molar-refractivity contribution in [1.29, 1.82) is 0 Å².